The molecule has 1 amide bonds. The van der Waals surface area contributed by atoms with E-state index in [0.717, 1.165) is 25.0 Å². The maximum absolute atomic E-state index is 14.2. The lowest BCUT2D eigenvalue weighted by atomic mass is 10.0. The van der Waals surface area contributed by atoms with Crippen LogP contribution in [0.3, 0.4) is 0 Å². The average molecular weight is 466 g/mol. The van der Waals surface area contributed by atoms with E-state index in [1.54, 1.807) is 16.6 Å². The molecule has 34 heavy (non-hydrogen) atoms. The van der Waals surface area contributed by atoms with E-state index in [4.69, 9.17) is 5.26 Å². The van der Waals surface area contributed by atoms with Crippen LogP contribution in [0, 0.1) is 17.2 Å². The molecule has 0 radical (unpaired) electrons. The number of amides is 1. The molecule has 1 fully saturated rings. The maximum atomic E-state index is 14.2. The first-order valence-electron chi connectivity index (χ1n) is 11.2. The molecule has 4 N–H and O–H groups in total. The summed E-state index contributed by atoms with van der Waals surface area (Å²) < 4.78 is 15.8. The number of nitrogens with zero attached hydrogens (tertiary/aromatic N) is 4. The van der Waals surface area contributed by atoms with E-state index < -0.39 is 17.7 Å². The molecule has 2 atom stereocenters. The van der Waals surface area contributed by atoms with Gasteiger partial charge in [0.1, 0.15) is 12.2 Å². The number of alkyl halides is 1. The predicted molar refractivity (Wildman–Crippen MR) is 126 cm³/mol. The van der Waals surface area contributed by atoms with Crippen molar-refractivity contribution in [2.45, 2.75) is 32.0 Å². The Balaban J connectivity index is 1.62. The third-order valence-corrected chi connectivity index (χ3v) is 5.99. The van der Waals surface area contributed by atoms with Crippen molar-refractivity contribution in [2.24, 2.45) is 5.92 Å². The van der Waals surface area contributed by atoms with Crippen LogP contribution in [0.1, 0.15) is 36.2 Å². The van der Waals surface area contributed by atoms with Crippen LogP contribution in [-0.2, 0) is 0 Å². The molecular weight excluding hydrogens is 437 g/mol. The number of carbonyl (C=O) groups is 1. The van der Waals surface area contributed by atoms with Crippen LogP contribution in [0.2, 0.25) is 0 Å². The van der Waals surface area contributed by atoms with Crippen molar-refractivity contribution >= 4 is 17.1 Å². The molecule has 0 bridgehead atoms. The summed E-state index contributed by atoms with van der Waals surface area (Å²) in [5.74, 6) is -0.0482. The zero-order chi connectivity index (χ0) is 24.3. The lowest BCUT2D eigenvalue weighted by Gasteiger charge is -2.23. The Bertz CT molecular complexity index is 1220. The number of carbonyl (C=O) groups excluding carboxylic acids is 1. The highest BCUT2D eigenvalue weighted by Gasteiger charge is 2.27. The highest BCUT2D eigenvalue weighted by Crippen LogP contribution is 2.26. The summed E-state index contributed by atoms with van der Waals surface area (Å²) in [6.45, 7) is 4.94. The number of fused-ring (bicyclic) bond motifs is 1. The first-order valence-corrected chi connectivity index (χ1v) is 11.2. The van der Waals surface area contributed by atoms with Gasteiger partial charge in [-0.15, -0.1) is 0 Å². The molecule has 0 spiro atoms. The molecule has 1 aliphatic rings. The Hall–Kier alpha value is -3.55. The number of aromatic nitrogens is 3. The van der Waals surface area contributed by atoms with Crippen LogP contribution in [0.5, 0.6) is 0 Å². The predicted octanol–water partition coefficient (Wildman–Crippen LogP) is 2.13. The van der Waals surface area contributed by atoms with Crippen molar-refractivity contribution in [3.63, 3.8) is 0 Å². The van der Waals surface area contributed by atoms with Gasteiger partial charge in [0, 0.05) is 12.7 Å². The van der Waals surface area contributed by atoms with Gasteiger partial charge >= 0.3 is 0 Å². The van der Waals surface area contributed by atoms with Gasteiger partial charge in [0.25, 0.3) is 5.91 Å². The van der Waals surface area contributed by atoms with Crippen LogP contribution in [0.25, 0.3) is 16.9 Å². The highest BCUT2D eigenvalue weighted by molar-refractivity contribution is 6.00. The van der Waals surface area contributed by atoms with E-state index >= 15 is 0 Å². The molecule has 1 aliphatic heterocycles. The minimum atomic E-state index is -1.61. The molecule has 4 rings (SSSR count). The number of rotatable bonds is 8. The van der Waals surface area contributed by atoms with E-state index in [1.807, 2.05) is 12.1 Å². The van der Waals surface area contributed by atoms with Gasteiger partial charge in [-0.2, -0.15) is 10.4 Å². The van der Waals surface area contributed by atoms with Crippen molar-refractivity contribution < 1.29 is 14.3 Å². The van der Waals surface area contributed by atoms with Gasteiger partial charge in [0.15, 0.2) is 0 Å². The van der Waals surface area contributed by atoms with E-state index in [9.17, 15) is 14.3 Å². The van der Waals surface area contributed by atoms with Crippen molar-refractivity contribution in [2.75, 3.05) is 31.5 Å². The fraction of sp³-hybridized carbons (Fsp3) is 0.417. The Morgan fingerprint density at radius 3 is 2.94 bits per heavy atom. The molecular formula is C24H28FN7O2. The minimum Gasteiger partial charge on any atom is -0.387 e. The van der Waals surface area contributed by atoms with Crippen LogP contribution >= 0.6 is 0 Å². The second-order valence-corrected chi connectivity index (χ2v) is 9.10. The molecule has 9 nitrogen and oxygen atoms in total. The first kappa shape index (κ1) is 23.6. The van der Waals surface area contributed by atoms with E-state index in [2.05, 4.69) is 32.1 Å². The van der Waals surface area contributed by atoms with Gasteiger partial charge in [0.2, 0.25) is 0 Å². The molecule has 1 saturated heterocycles. The Morgan fingerprint density at radius 2 is 2.24 bits per heavy atom. The quantitative estimate of drug-likeness (QED) is 0.401. The number of pyridine rings is 1. The molecule has 3 aromatic rings. The molecule has 0 aliphatic carbocycles. The third-order valence-electron chi connectivity index (χ3n) is 5.99. The summed E-state index contributed by atoms with van der Waals surface area (Å²) >= 11 is 0. The molecule has 0 saturated carbocycles. The summed E-state index contributed by atoms with van der Waals surface area (Å²) in [5, 5.41) is 32.5. The lowest BCUT2D eigenvalue weighted by molar-refractivity contribution is -0.00177. The van der Waals surface area contributed by atoms with Crippen molar-refractivity contribution in [1.29, 1.82) is 5.26 Å². The third kappa shape index (κ3) is 5.16. The number of nitriles is 1. The number of nitrogens with one attached hydrogen (secondary N) is 3. The van der Waals surface area contributed by atoms with Crippen LogP contribution in [-0.4, -0.2) is 63.6 Å². The molecule has 178 valence electrons. The van der Waals surface area contributed by atoms with E-state index in [-0.39, 0.29) is 6.54 Å². The number of hydrogen-bond acceptors (Lipinski definition) is 7. The van der Waals surface area contributed by atoms with Gasteiger partial charge in [-0.25, -0.2) is 8.91 Å². The second-order valence-electron chi connectivity index (χ2n) is 9.10. The number of hydrogen-bond donors (Lipinski definition) is 4. The normalized spacial score (nSPS) is 16.9. The van der Waals surface area contributed by atoms with Gasteiger partial charge in [0.05, 0.1) is 52.1 Å². The summed E-state index contributed by atoms with van der Waals surface area (Å²) in [6, 6.07) is 9.30. The summed E-state index contributed by atoms with van der Waals surface area (Å²) in [6.07, 6.45) is 2.37. The van der Waals surface area contributed by atoms with Crippen LogP contribution < -0.4 is 16.0 Å². The molecule has 2 unspecified atom stereocenters. The zero-order valence-corrected chi connectivity index (χ0v) is 19.2. The van der Waals surface area contributed by atoms with Gasteiger partial charge in [-0.05, 0) is 63.5 Å². The van der Waals surface area contributed by atoms with Crippen molar-refractivity contribution in [3.05, 3.63) is 47.8 Å². The van der Waals surface area contributed by atoms with E-state index in [1.165, 1.54) is 26.2 Å². The largest absolute Gasteiger partial charge is 0.387 e. The van der Waals surface area contributed by atoms with Gasteiger partial charge in [-0.1, -0.05) is 0 Å². The first-order chi connectivity index (χ1) is 16.3. The average Bonchev–Trinajstić information content (AvgIpc) is 3.49. The fourth-order valence-electron chi connectivity index (χ4n) is 3.85. The standard InChI is InChI=1S/C24H28FN7O2/c1-24(2,34)22(25)14-30-23(33)18-13-29-20(8-19(18)28-11-15-5-6-27-10-15)21-4-3-17-7-16(9-26)12-31-32(17)21/h3-4,7-8,12-13,15,22,27,34H,5-6,10-11,14H2,1-2H3,(H,28,29)(H,30,33). The van der Waals surface area contributed by atoms with Crippen LogP contribution in [0.4, 0.5) is 10.1 Å². The summed E-state index contributed by atoms with van der Waals surface area (Å²) in [4.78, 5) is 17.3. The van der Waals surface area contributed by atoms with Crippen LogP contribution in [0.15, 0.2) is 36.7 Å². The smallest absolute Gasteiger partial charge is 0.255 e. The second kappa shape index (κ2) is 9.75. The zero-order valence-electron chi connectivity index (χ0n) is 19.2. The fourth-order valence-corrected chi connectivity index (χ4v) is 3.85. The topological polar surface area (TPSA) is 127 Å². The number of aliphatic hydroxyl groups is 1. The highest BCUT2D eigenvalue weighted by atomic mass is 19.1. The molecule has 4 heterocycles. The number of anilines is 1. The van der Waals surface area contributed by atoms with E-state index in [0.29, 0.717) is 40.7 Å². The Labute approximate surface area is 197 Å². The van der Waals surface area contributed by atoms with Crippen molar-refractivity contribution in [1.82, 2.24) is 25.2 Å². The number of halogens is 1. The minimum absolute atomic E-state index is 0.290. The molecule has 3 aromatic heterocycles. The van der Waals surface area contributed by atoms with Gasteiger partial charge < -0.3 is 21.1 Å². The Morgan fingerprint density at radius 1 is 1.41 bits per heavy atom. The SMILES string of the molecule is CC(C)(O)C(F)CNC(=O)c1cnc(-c2ccc3cc(C#N)cnn23)cc1NCC1CCNC1. The molecule has 10 heteroatoms. The monoisotopic (exact) mass is 465 g/mol. The molecule has 0 aromatic carbocycles. The Kier molecular flexibility index (Phi) is 6.77. The van der Waals surface area contributed by atoms with Crippen molar-refractivity contribution in [3.8, 4) is 17.5 Å². The van der Waals surface area contributed by atoms with Gasteiger partial charge in [-0.3, -0.25) is 9.78 Å². The lowest BCUT2D eigenvalue weighted by Crippen LogP contribution is -2.42. The maximum Gasteiger partial charge on any atom is 0.255 e. The summed E-state index contributed by atoms with van der Waals surface area (Å²) in [5.41, 5.74) is 1.84. The summed E-state index contributed by atoms with van der Waals surface area (Å²) in [7, 11) is 0.